The molecule has 0 aromatic heterocycles. The molecule has 0 radical (unpaired) electrons. The van der Waals surface area contributed by atoms with Crippen LogP contribution in [0.5, 0.6) is 0 Å². The van der Waals surface area contributed by atoms with Crippen LogP contribution in [0.15, 0.2) is 51.8 Å². The summed E-state index contributed by atoms with van der Waals surface area (Å²) in [6.45, 7) is 0. The van der Waals surface area contributed by atoms with E-state index < -0.39 is 15.8 Å². The summed E-state index contributed by atoms with van der Waals surface area (Å²) in [6, 6.07) is 9.46. The minimum Gasteiger partial charge on any atom is -0.398 e. The Labute approximate surface area is 118 Å². The molecule has 0 unspecified atom stereocenters. The Hall–Kier alpha value is -1.60. The highest BCUT2D eigenvalue weighted by molar-refractivity contribution is 9.10. The van der Waals surface area contributed by atoms with Crippen molar-refractivity contribution in [1.82, 2.24) is 0 Å². The summed E-state index contributed by atoms with van der Waals surface area (Å²) in [6.07, 6.45) is 0. The summed E-state index contributed by atoms with van der Waals surface area (Å²) in [5.41, 5.74) is 6.19. The van der Waals surface area contributed by atoms with E-state index in [1.807, 2.05) is 0 Å². The van der Waals surface area contributed by atoms with Crippen LogP contribution in [0.1, 0.15) is 0 Å². The molecule has 0 amide bonds. The van der Waals surface area contributed by atoms with Gasteiger partial charge in [-0.2, -0.15) is 0 Å². The molecule has 2 rings (SSSR count). The quantitative estimate of drug-likeness (QED) is 0.840. The van der Waals surface area contributed by atoms with E-state index in [4.69, 9.17) is 5.73 Å². The van der Waals surface area contributed by atoms with Crippen molar-refractivity contribution in [3.05, 3.63) is 52.8 Å². The van der Waals surface area contributed by atoms with Crippen molar-refractivity contribution in [1.29, 1.82) is 0 Å². The van der Waals surface area contributed by atoms with Crippen molar-refractivity contribution < 1.29 is 12.8 Å². The van der Waals surface area contributed by atoms with Crippen LogP contribution >= 0.6 is 15.9 Å². The third kappa shape index (κ3) is 3.24. The maximum absolute atomic E-state index is 13.0. The second kappa shape index (κ2) is 5.18. The summed E-state index contributed by atoms with van der Waals surface area (Å²) < 4.78 is 39.9. The molecular weight excluding hydrogens is 335 g/mol. The average Bonchev–Trinajstić information content (AvgIpc) is 2.32. The summed E-state index contributed by atoms with van der Waals surface area (Å²) >= 11 is 3.16. The lowest BCUT2D eigenvalue weighted by atomic mass is 10.3. The molecule has 2 aromatic carbocycles. The van der Waals surface area contributed by atoms with E-state index in [-0.39, 0.29) is 10.6 Å². The second-order valence-corrected chi connectivity index (χ2v) is 6.34. The number of nitrogens with two attached hydrogens (primary N) is 1. The molecular formula is C12H10BrFN2O2S. The molecule has 4 nitrogen and oxygen atoms in total. The van der Waals surface area contributed by atoms with Gasteiger partial charge in [0, 0.05) is 10.2 Å². The molecule has 3 N–H and O–H groups in total. The van der Waals surface area contributed by atoms with Crippen molar-refractivity contribution in [2.24, 2.45) is 0 Å². The number of anilines is 2. The van der Waals surface area contributed by atoms with Crippen LogP contribution in [0.4, 0.5) is 15.8 Å². The molecule has 0 bridgehead atoms. The number of halogens is 2. The van der Waals surface area contributed by atoms with E-state index in [1.54, 1.807) is 0 Å². The topological polar surface area (TPSA) is 72.2 Å². The first-order valence-corrected chi connectivity index (χ1v) is 7.49. The van der Waals surface area contributed by atoms with Crippen molar-refractivity contribution in [3.63, 3.8) is 0 Å². The molecule has 2 aromatic rings. The molecule has 19 heavy (non-hydrogen) atoms. The van der Waals surface area contributed by atoms with Crippen molar-refractivity contribution in [2.45, 2.75) is 4.90 Å². The Morgan fingerprint density at radius 3 is 2.53 bits per heavy atom. The van der Waals surface area contributed by atoms with Gasteiger partial charge in [-0.25, -0.2) is 12.8 Å². The van der Waals surface area contributed by atoms with Gasteiger partial charge in [-0.3, -0.25) is 4.72 Å². The van der Waals surface area contributed by atoms with Crippen LogP contribution in [0.25, 0.3) is 0 Å². The van der Waals surface area contributed by atoms with Gasteiger partial charge in [-0.1, -0.05) is 6.07 Å². The molecule has 0 fully saturated rings. The molecule has 0 saturated heterocycles. The Kier molecular flexibility index (Phi) is 3.77. The van der Waals surface area contributed by atoms with Crippen LogP contribution in [-0.4, -0.2) is 8.42 Å². The predicted octanol–water partition coefficient (Wildman–Crippen LogP) is 2.97. The number of benzene rings is 2. The maximum Gasteiger partial charge on any atom is 0.261 e. The Morgan fingerprint density at radius 1 is 1.16 bits per heavy atom. The SMILES string of the molecule is Nc1ccc(S(=O)(=O)Nc2cccc(F)c2)cc1Br. The van der Waals surface area contributed by atoms with E-state index >= 15 is 0 Å². The molecule has 0 atom stereocenters. The number of hydrogen-bond donors (Lipinski definition) is 2. The normalized spacial score (nSPS) is 11.3. The number of hydrogen-bond acceptors (Lipinski definition) is 3. The second-order valence-electron chi connectivity index (χ2n) is 3.80. The van der Waals surface area contributed by atoms with E-state index in [2.05, 4.69) is 20.7 Å². The van der Waals surface area contributed by atoms with Crippen molar-refractivity contribution >= 4 is 37.3 Å². The van der Waals surface area contributed by atoms with Gasteiger partial charge in [-0.05, 0) is 52.3 Å². The lowest BCUT2D eigenvalue weighted by Gasteiger charge is -2.09. The van der Waals surface area contributed by atoms with E-state index in [0.29, 0.717) is 10.2 Å². The summed E-state index contributed by atoms with van der Waals surface area (Å²) in [5.74, 6) is -0.515. The first-order valence-electron chi connectivity index (χ1n) is 5.22. The molecule has 0 aliphatic heterocycles. The summed E-state index contributed by atoms with van der Waals surface area (Å²) in [5, 5.41) is 0. The molecule has 0 spiro atoms. The Morgan fingerprint density at radius 2 is 1.89 bits per heavy atom. The van der Waals surface area contributed by atoms with Crippen molar-refractivity contribution in [2.75, 3.05) is 10.5 Å². The summed E-state index contributed by atoms with van der Waals surface area (Å²) in [7, 11) is -3.77. The highest BCUT2D eigenvalue weighted by Crippen LogP contribution is 2.24. The van der Waals surface area contributed by atoms with Crippen LogP contribution < -0.4 is 10.5 Å². The highest BCUT2D eigenvalue weighted by Gasteiger charge is 2.15. The third-order valence-corrected chi connectivity index (χ3v) is 4.42. The van der Waals surface area contributed by atoms with Crippen LogP contribution in [-0.2, 0) is 10.0 Å². The average molecular weight is 345 g/mol. The molecule has 0 saturated carbocycles. The Balaban J connectivity index is 2.35. The zero-order valence-electron chi connectivity index (χ0n) is 9.60. The van der Waals surface area contributed by atoms with Gasteiger partial charge in [0.25, 0.3) is 10.0 Å². The minimum atomic E-state index is -3.77. The monoisotopic (exact) mass is 344 g/mol. The molecule has 0 heterocycles. The fraction of sp³-hybridized carbons (Fsp3) is 0. The van der Waals surface area contributed by atoms with Gasteiger partial charge >= 0.3 is 0 Å². The highest BCUT2D eigenvalue weighted by atomic mass is 79.9. The first-order chi connectivity index (χ1) is 8.88. The zero-order valence-corrected chi connectivity index (χ0v) is 12.0. The third-order valence-electron chi connectivity index (χ3n) is 2.36. The van der Waals surface area contributed by atoms with Crippen LogP contribution in [0.2, 0.25) is 0 Å². The number of rotatable bonds is 3. The minimum absolute atomic E-state index is 0.0397. The number of nitrogen functional groups attached to an aromatic ring is 1. The van der Waals surface area contributed by atoms with Crippen LogP contribution in [0.3, 0.4) is 0 Å². The molecule has 0 aliphatic rings. The standard InChI is InChI=1S/C12H10BrFN2O2S/c13-11-7-10(4-5-12(11)15)19(17,18)16-9-3-1-2-8(14)6-9/h1-7,16H,15H2. The zero-order chi connectivity index (χ0) is 14.0. The molecule has 0 aliphatic carbocycles. The van der Waals surface area contributed by atoms with Crippen LogP contribution in [0, 0.1) is 5.82 Å². The lowest BCUT2D eigenvalue weighted by molar-refractivity contribution is 0.601. The number of nitrogens with one attached hydrogen (secondary N) is 1. The largest absolute Gasteiger partial charge is 0.398 e. The lowest BCUT2D eigenvalue weighted by Crippen LogP contribution is -2.13. The van der Waals surface area contributed by atoms with Gasteiger partial charge < -0.3 is 5.73 Å². The van der Waals surface area contributed by atoms with Gasteiger partial charge in [0.2, 0.25) is 0 Å². The van der Waals surface area contributed by atoms with Gasteiger partial charge in [0.1, 0.15) is 5.82 Å². The van der Waals surface area contributed by atoms with Crippen molar-refractivity contribution in [3.8, 4) is 0 Å². The Bertz CT molecular complexity index is 719. The predicted molar refractivity (Wildman–Crippen MR) is 75.8 cm³/mol. The maximum atomic E-state index is 13.0. The van der Waals surface area contributed by atoms with E-state index in [1.165, 1.54) is 36.4 Å². The molecule has 100 valence electrons. The van der Waals surface area contributed by atoms with E-state index in [0.717, 1.165) is 6.07 Å². The molecule has 7 heteroatoms. The number of sulfonamides is 1. The fourth-order valence-electron chi connectivity index (χ4n) is 1.44. The first kappa shape index (κ1) is 13.8. The fourth-order valence-corrected chi connectivity index (χ4v) is 3.05. The smallest absolute Gasteiger partial charge is 0.261 e. The van der Waals surface area contributed by atoms with Gasteiger partial charge in [0.05, 0.1) is 10.6 Å². The van der Waals surface area contributed by atoms with E-state index in [9.17, 15) is 12.8 Å². The van der Waals surface area contributed by atoms with Gasteiger partial charge in [0.15, 0.2) is 0 Å². The summed E-state index contributed by atoms with van der Waals surface area (Å²) in [4.78, 5) is 0.0397. The van der Waals surface area contributed by atoms with Gasteiger partial charge in [-0.15, -0.1) is 0 Å².